The molecule has 6 heteroatoms. The van der Waals surface area contributed by atoms with Crippen molar-refractivity contribution in [3.8, 4) is 0 Å². The first kappa shape index (κ1) is 9.91. The number of halogens is 4. The molecule has 2 N–H and O–H groups in total. The van der Waals surface area contributed by atoms with Crippen molar-refractivity contribution in [2.45, 2.75) is 12.2 Å². The molecule has 0 fully saturated rings. The van der Waals surface area contributed by atoms with Crippen LogP contribution in [0.2, 0.25) is 0 Å². The van der Waals surface area contributed by atoms with Crippen molar-refractivity contribution in [1.82, 2.24) is 4.98 Å². The lowest BCUT2D eigenvalue weighted by Gasteiger charge is -2.15. The largest absolute Gasteiger partial charge is 0.407 e. The normalized spacial score (nSPS) is 14.2. The molecular formula is C7H6F4N2. The maximum absolute atomic E-state index is 12.7. The maximum atomic E-state index is 12.7. The summed E-state index contributed by atoms with van der Waals surface area (Å²) >= 11 is 0. The van der Waals surface area contributed by atoms with Gasteiger partial charge in [0.05, 0.1) is 6.20 Å². The number of alkyl halides is 3. The summed E-state index contributed by atoms with van der Waals surface area (Å²) in [4.78, 5) is 3.31. The summed E-state index contributed by atoms with van der Waals surface area (Å²) in [6.07, 6.45) is -2.88. The molecule has 1 atom stereocenters. The van der Waals surface area contributed by atoms with Gasteiger partial charge in [0.25, 0.3) is 0 Å². The van der Waals surface area contributed by atoms with Crippen LogP contribution in [-0.4, -0.2) is 11.2 Å². The van der Waals surface area contributed by atoms with Gasteiger partial charge in [0.1, 0.15) is 11.9 Å². The minimum atomic E-state index is -4.64. The van der Waals surface area contributed by atoms with Crippen LogP contribution >= 0.6 is 0 Å². The Labute approximate surface area is 71.4 Å². The van der Waals surface area contributed by atoms with E-state index in [1.807, 2.05) is 0 Å². The second-order valence-electron chi connectivity index (χ2n) is 2.42. The van der Waals surface area contributed by atoms with Crippen LogP contribution < -0.4 is 5.73 Å². The molecule has 0 saturated carbocycles. The SMILES string of the molecule is N[C@H](c1ccncc1F)C(F)(F)F. The van der Waals surface area contributed by atoms with Crippen LogP contribution in [0.15, 0.2) is 18.5 Å². The second-order valence-corrected chi connectivity index (χ2v) is 2.42. The zero-order valence-electron chi connectivity index (χ0n) is 6.35. The third kappa shape index (κ3) is 2.15. The highest BCUT2D eigenvalue weighted by Gasteiger charge is 2.39. The van der Waals surface area contributed by atoms with E-state index in [4.69, 9.17) is 5.73 Å². The number of hydrogen-bond donors (Lipinski definition) is 1. The monoisotopic (exact) mass is 194 g/mol. The minimum absolute atomic E-state index is 0.595. The third-order valence-electron chi connectivity index (χ3n) is 1.49. The molecule has 1 heterocycles. The number of nitrogens with zero attached hydrogens (tertiary/aromatic N) is 1. The molecule has 0 aromatic carbocycles. The fraction of sp³-hybridized carbons (Fsp3) is 0.286. The van der Waals surface area contributed by atoms with Crippen LogP contribution in [0, 0.1) is 5.82 Å². The van der Waals surface area contributed by atoms with Gasteiger partial charge in [-0.3, -0.25) is 4.98 Å². The number of aromatic nitrogens is 1. The second kappa shape index (κ2) is 3.29. The van der Waals surface area contributed by atoms with Crippen molar-refractivity contribution in [2.75, 3.05) is 0 Å². The van der Waals surface area contributed by atoms with Crippen molar-refractivity contribution in [3.63, 3.8) is 0 Å². The molecule has 1 rings (SSSR count). The number of hydrogen-bond acceptors (Lipinski definition) is 2. The molecule has 1 aromatic rings. The Morgan fingerprint density at radius 1 is 1.38 bits per heavy atom. The van der Waals surface area contributed by atoms with E-state index in [2.05, 4.69) is 4.98 Å². The van der Waals surface area contributed by atoms with Crippen LogP contribution in [-0.2, 0) is 0 Å². The zero-order valence-corrected chi connectivity index (χ0v) is 6.35. The number of nitrogens with two attached hydrogens (primary N) is 1. The molecule has 13 heavy (non-hydrogen) atoms. The summed E-state index contributed by atoms with van der Waals surface area (Å²) in [7, 11) is 0. The van der Waals surface area contributed by atoms with E-state index in [1.165, 1.54) is 0 Å². The van der Waals surface area contributed by atoms with Crippen LogP contribution in [0.1, 0.15) is 11.6 Å². The summed E-state index contributed by atoms with van der Waals surface area (Å²) in [6, 6.07) is -1.39. The first-order chi connectivity index (χ1) is 5.93. The van der Waals surface area contributed by atoms with E-state index in [-0.39, 0.29) is 0 Å². The molecule has 2 nitrogen and oxygen atoms in total. The highest BCUT2D eigenvalue weighted by atomic mass is 19.4. The molecule has 0 unspecified atom stereocenters. The van der Waals surface area contributed by atoms with Gasteiger partial charge >= 0.3 is 6.18 Å². The number of rotatable bonds is 1. The van der Waals surface area contributed by atoms with Gasteiger partial charge in [0.15, 0.2) is 0 Å². The molecule has 0 bridgehead atoms. The lowest BCUT2D eigenvalue weighted by molar-refractivity contribution is -0.149. The van der Waals surface area contributed by atoms with Gasteiger partial charge in [0, 0.05) is 11.8 Å². The molecule has 72 valence electrons. The summed E-state index contributed by atoms with van der Waals surface area (Å²) in [5.41, 5.74) is 4.19. The summed E-state index contributed by atoms with van der Waals surface area (Å²) in [6.45, 7) is 0. The zero-order chi connectivity index (χ0) is 10.1. The molecule has 0 aliphatic rings. The van der Waals surface area contributed by atoms with E-state index in [0.29, 0.717) is 6.20 Å². The van der Waals surface area contributed by atoms with Crippen molar-refractivity contribution < 1.29 is 17.6 Å². The Morgan fingerprint density at radius 3 is 2.46 bits per heavy atom. The predicted molar refractivity (Wildman–Crippen MR) is 37.2 cm³/mol. The highest BCUT2D eigenvalue weighted by molar-refractivity contribution is 5.18. The molecule has 1 aromatic heterocycles. The third-order valence-corrected chi connectivity index (χ3v) is 1.49. The van der Waals surface area contributed by atoms with Crippen molar-refractivity contribution in [2.24, 2.45) is 5.73 Å². The molecular weight excluding hydrogens is 188 g/mol. The molecule has 0 saturated heterocycles. The summed E-state index contributed by atoms with van der Waals surface area (Å²) < 4.78 is 48.7. The summed E-state index contributed by atoms with van der Waals surface area (Å²) in [5, 5.41) is 0. The Bertz CT molecular complexity index is 297. The molecule has 0 aliphatic carbocycles. The van der Waals surface area contributed by atoms with Crippen molar-refractivity contribution in [1.29, 1.82) is 0 Å². The van der Waals surface area contributed by atoms with Gasteiger partial charge in [-0.15, -0.1) is 0 Å². The quantitative estimate of drug-likeness (QED) is 0.692. The van der Waals surface area contributed by atoms with E-state index in [0.717, 1.165) is 12.3 Å². The van der Waals surface area contributed by atoms with Crippen LogP contribution in [0.5, 0.6) is 0 Å². The van der Waals surface area contributed by atoms with Crippen LogP contribution in [0.25, 0.3) is 0 Å². The molecule has 0 aliphatic heterocycles. The Hall–Kier alpha value is -1.17. The minimum Gasteiger partial charge on any atom is -0.316 e. The van der Waals surface area contributed by atoms with E-state index in [9.17, 15) is 17.6 Å². The first-order valence-corrected chi connectivity index (χ1v) is 3.34. The van der Waals surface area contributed by atoms with Gasteiger partial charge in [0.2, 0.25) is 0 Å². The first-order valence-electron chi connectivity index (χ1n) is 3.34. The molecule has 0 spiro atoms. The van der Waals surface area contributed by atoms with E-state index >= 15 is 0 Å². The van der Waals surface area contributed by atoms with Gasteiger partial charge < -0.3 is 5.73 Å². The van der Waals surface area contributed by atoms with Gasteiger partial charge in [-0.05, 0) is 6.07 Å². The van der Waals surface area contributed by atoms with E-state index < -0.39 is 23.6 Å². The smallest absolute Gasteiger partial charge is 0.316 e. The van der Waals surface area contributed by atoms with Crippen LogP contribution in [0.3, 0.4) is 0 Å². The highest BCUT2D eigenvalue weighted by Crippen LogP contribution is 2.31. The molecule has 0 radical (unpaired) electrons. The topological polar surface area (TPSA) is 38.9 Å². The van der Waals surface area contributed by atoms with Crippen molar-refractivity contribution >= 4 is 0 Å². The van der Waals surface area contributed by atoms with Gasteiger partial charge in [-0.1, -0.05) is 0 Å². The van der Waals surface area contributed by atoms with Gasteiger partial charge in [-0.25, -0.2) is 4.39 Å². The maximum Gasteiger partial charge on any atom is 0.407 e. The lowest BCUT2D eigenvalue weighted by atomic mass is 10.1. The lowest BCUT2D eigenvalue weighted by Crippen LogP contribution is -2.29. The Kier molecular flexibility index (Phi) is 2.51. The Balaban J connectivity index is 3.02. The van der Waals surface area contributed by atoms with Gasteiger partial charge in [-0.2, -0.15) is 13.2 Å². The molecule has 0 amide bonds. The fourth-order valence-corrected chi connectivity index (χ4v) is 0.814. The average Bonchev–Trinajstić information content (AvgIpc) is 2.02. The standard InChI is InChI=1S/C7H6F4N2/c8-5-3-13-2-1-4(5)6(12)7(9,10)11/h1-3,6H,12H2/t6-/m1/s1. The predicted octanol–water partition coefficient (Wildman–Crippen LogP) is 1.78. The fourth-order valence-electron chi connectivity index (χ4n) is 0.814. The van der Waals surface area contributed by atoms with Crippen molar-refractivity contribution in [3.05, 3.63) is 29.8 Å². The number of pyridine rings is 1. The Morgan fingerprint density at radius 2 is 2.00 bits per heavy atom. The average molecular weight is 194 g/mol. The van der Waals surface area contributed by atoms with Crippen LogP contribution in [0.4, 0.5) is 17.6 Å². The summed E-state index contributed by atoms with van der Waals surface area (Å²) in [5.74, 6) is -1.05. The van der Waals surface area contributed by atoms with E-state index in [1.54, 1.807) is 0 Å².